The molecule has 13 N–H and O–H groups in total. The Kier molecular flexibility index (Phi) is 17.6. The van der Waals surface area contributed by atoms with E-state index in [0.29, 0.717) is 25.2 Å². The van der Waals surface area contributed by atoms with Crippen molar-refractivity contribution in [1.82, 2.24) is 0 Å². The van der Waals surface area contributed by atoms with Gasteiger partial charge in [-0.15, -0.1) is 0 Å². The molecule has 4 aliphatic carbocycles. The van der Waals surface area contributed by atoms with E-state index in [-0.39, 0.29) is 54.1 Å². The average Bonchev–Trinajstić information content (AvgIpc) is 3.92. The van der Waals surface area contributed by atoms with Crippen molar-refractivity contribution in [3.8, 4) is 0 Å². The van der Waals surface area contributed by atoms with Gasteiger partial charge in [-0.3, -0.25) is 0 Å². The van der Waals surface area contributed by atoms with Gasteiger partial charge in [-0.25, -0.2) is 0 Å². The fourth-order valence-corrected chi connectivity index (χ4v) is 15.3. The molecule has 5 aliphatic heterocycles. The predicted molar refractivity (Wildman–Crippen MR) is 255 cm³/mol. The van der Waals surface area contributed by atoms with E-state index in [9.17, 15) is 66.4 Å². The molecule has 0 bridgehead atoms. The third-order valence-electron chi connectivity index (χ3n) is 19.9. The van der Waals surface area contributed by atoms with Gasteiger partial charge in [0.25, 0.3) is 0 Å². The monoisotopic (exact) mass is 1080 g/mol. The van der Waals surface area contributed by atoms with E-state index in [2.05, 4.69) is 26.8 Å². The minimum Gasteiger partial charge on any atom is -0.394 e. The largest absolute Gasteiger partial charge is 0.394 e. The minimum absolute atomic E-state index is 0.0167. The van der Waals surface area contributed by atoms with Gasteiger partial charge >= 0.3 is 0 Å². The lowest BCUT2D eigenvalue weighted by molar-refractivity contribution is -0.370. The lowest BCUT2D eigenvalue weighted by Crippen LogP contribution is -2.64. The zero-order valence-corrected chi connectivity index (χ0v) is 44.0. The van der Waals surface area contributed by atoms with Gasteiger partial charge in [0.15, 0.2) is 30.9 Å². The van der Waals surface area contributed by atoms with Crippen LogP contribution in [0.15, 0.2) is 11.6 Å². The molecule has 8 fully saturated rings. The van der Waals surface area contributed by atoms with Crippen LogP contribution in [0.5, 0.6) is 0 Å². The molecule has 32 atom stereocenters. The van der Waals surface area contributed by atoms with Gasteiger partial charge in [0.2, 0.25) is 0 Å². The second-order valence-corrected chi connectivity index (χ2v) is 24.1. The van der Waals surface area contributed by atoms with Crippen molar-refractivity contribution in [2.45, 2.75) is 240 Å². The second kappa shape index (κ2) is 22.6. The molecule has 5 heterocycles. The summed E-state index contributed by atoms with van der Waals surface area (Å²) in [5.41, 5.74) is 0.414. The predicted octanol–water partition coefficient (Wildman–Crippen LogP) is -2.35. The number of ether oxygens (including phenoxy) is 10. The summed E-state index contributed by atoms with van der Waals surface area (Å²) in [6, 6.07) is 0. The van der Waals surface area contributed by atoms with Crippen LogP contribution in [0, 0.1) is 46.3 Å². The topological polar surface area (TPSA) is 355 Å². The number of methoxy groups -OCH3 is 1. The Morgan fingerprint density at radius 2 is 1.21 bits per heavy atom. The van der Waals surface area contributed by atoms with Crippen LogP contribution in [-0.2, 0) is 47.4 Å². The Morgan fingerprint density at radius 3 is 1.77 bits per heavy atom. The van der Waals surface area contributed by atoms with Gasteiger partial charge in [0, 0.05) is 31.3 Å². The molecule has 0 radical (unpaired) electrons. The third kappa shape index (κ3) is 10.2. The Labute approximate surface area is 437 Å². The van der Waals surface area contributed by atoms with Crippen LogP contribution in [0.1, 0.15) is 92.9 Å². The normalized spacial score (nSPS) is 55.3. The molecule has 0 spiro atoms. The average molecular weight is 1080 g/mol. The molecule has 23 heteroatoms. The summed E-state index contributed by atoms with van der Waals surface area (Å²) in [6.07, 6.45) is -22.7. The summed E-state index contributed by atoms with van der Waals surface area (Å²) in [4.78, 5) is 0. The Hall–Kier alpha value is -1.18. The van der Waals surface area contributed by atoms with E-state index in [1.54, 1.807) is 7.11 Å². The van der Waals surface area contributed by atoms with Gasteiger partial charge in [-0.2, -0.15) is 0 Å². The summed E-state index contributed by atoms with van der Waals surface area (Å²) in [7, 11) is 1.68. The molecule has 3 saturated carbocycles. The molecular formula is C52H86O23. The zero-order valence-electron chi connectivity index (χ0n) is 44.0. The molecule has 9 aliphatic rings. The molecule has 9 rings (SSSR count). The fourth-order valence-electron chi connectivity index (χ4n) is 15.3. The molecule has 5 saturated heterocycles. The number of rotatable bonds is 15. The quantitative estimate of drug-likeness (QED) is 0.0764. The minimum atomic E-state index is -1.71. The highest BCUT2D eigenvalue weighted by atomic mass is 16.8. The standard InChI is InChI=1S/C52H86O23/c1-20(19-67-48-44(40(62)36(58)30(17-53)71-48)73-46-42(64)38(60)34(56)22(3)68-46)10-13-52(66-7)21(2)33-29(75-52)16-28-26-9-8-24-14-25(15-32(55)51(24,6)27(26)11-12-50(28,33)5)70-49-45(41(63)37(59)31(18-54)72-49)74-47-43(65)39(61)35(57)23(4)69-47/h8,20-23,25-49,53-65H,9-19H2,1-7H3. The maximum atomic E-state index is 12.3. The van der Waals surface area contributed by atoms with Crippen molar-refractivity contribution in [1.29, 1.82) is 0 Å². The van der Waals surface area contributed by atoms with E-state index in [0.717, 1.165) is 31.3 Å². The van der Waals surface area contributed by atoms with E-state index >= 15 is 0 Å². The molecule has 23 nitrogen and oxygen atoms in total. The van der Waals surface area contributed by atoms with Crippen LogP contribution in [0.3, 0.4) is 0 Å². The number of hydrogen-bond donors (Lipinski definition) is 13. The van der Waals surface area contributed by atoms with E-state index in [1.165, 1.54) is 13.8 Å². The fraction of sp³-hybridized carbons (Fsp3) is 0.962. The Balaban J connectivity index is 0.829. The first-order chi connectivity index (χ1) is 35.4. The van der Waals surface area contributed by atoms with E-state index in [1.807, 2.05) is 6.92 Å². The second-order valence-electron chi connectivity index (χ2n) is 24.1. The first-order valence-electron chi connectivity index (χ1n) is 27.3. The molecule has 32 unspecified atom stereocenters. The van der Waals surface area contributed by atoms with Crippen LogP contribution in [0.2, 0.25) is 0 Å². The maximum absolute atomic E-state index is 12.3. The molecule has 75 heavy (non-hydrogen) atoms. The number of aliphatic hydroxyl groups excluding tert-OH is 13. The Bertz CT molecular complexity index is 1950. The SMILES string of the molecule is COC1(CCC(C)COC2OC(CO)C(O)C(O)C2OC2OC(C)C(O)C(O)C2O)OC2CC3C4CC=C5CC(OC6OC(CO)C(O)C(O)C6OC6OC(C)C(O)C(O)C6O)CC(O)C5(C)C4CCC3(C)C2C1C. The number of allylic oxidation sites excluding steroid dienone is 1. The highest BCUT2D eigenvalue weighted by Gasteiger charge is 2.69. The lowest BCUT2D eigenvalue weighted by atomic mass is 9.46. The summed E-state index contributed by atoms with van der Waals surface area (Å²) in [5.74, 6) is -0.0446. The van der Waals surface area contributed by atoms with Crippen LogP contribution >= 0.6 is 0 Å². The first kappa shape index (κ1) is 58.5. The van der Waals surface area contributed by atoms with Gasteiger partial charge in [-0.05, 0) is 87.4 Å². The van der Waals surface area contributed by atoms with Crippen LogP contribution in [0.4, 0.5) is 0 Å². The van der Waals surface area contributed by atoms with Gasteiger partial charge in [0.1, 0.15) is 85.5 Å². The molecule has 0 aromatic heterocycles. The van der Waals surface area contributed by atoms with Gasteiger partial charge < -0.3 is 114 Å². The number of hydrogen-bond acceptors (Lipinski definition) is 23. The van der Waals surface area contributed by atoms with Crippen LogP contribution in [0.25, 0.3) is 0 Å². The van der Waals surface area contributed by atoms with Crippen molar-refractivity contribution < 1.29 is 114 Å². The highest BCUT2D eigenvalue weighted by Crippen LogP contribution is 2.70. The van der Waals surface area contributed by atoms with Crippen molar-refractivity contribution in [2.75, 3.05) is 26.9 Å². The third-order valence-corrected chi connectivity index (χ3v) is 19.9. The molecule has 0 aromatic carbocycles. The van der Waals surface area contributed by atoms with E-state index in [4.69, 9.17) is 47.4 Å². The van der Waals surface area contributed by atoms with Crippen LogP contribution in [-0.4, -0.2) is 240 Å². The Morgan fingerprint density at radius 1 is 0.653 bits per heavy atom. The first-order valence-corrected chi connectivity index (χ1v) is 27.3. The van der Waals surface area contributed by atoms with Crippen molar-refractivity contribution >= 4 is 0 Å². The summed E-state index contributed by atoms with van der Waals surface area (Å²) < 4.78 is 61.0. The van der Waals surface area contributed by atoms with Gasteiger partial charge in [-0.1, -0.05) is 39.3 Å². The number of aliphatic hydroxyl groups is 13. The van der Waals surface area contributed by atoms with Gasteiger partial charge in [0.05, 0.1) is 50.3 Å². The van der Waals surface area contributed by atoms with Crippen molar-refractivity contribution in [3.05, 3.63) is 11.6 Å². The molecule has 432 valence electrons. The van der Waals surface area contributed by atoms with Crippen LogP contribution < -0.4 is 0 Å². The van der Waals surface area contributed by atoms with Crippen molar-refractivity contribution in [2.24, 2.45) is 46.3 Å². The van der Waals surface area contributed by atoms with E-state index < -0.39 is 159 Å². The maximum Gasteiger partial charge on any atom is 0.187 e. The zero-order chi connectivity index (χ0) is 54.4. The smallest absolute Gasteiger partial charge is 0.187 e. The van der Waals surface area contributed by atoms with Crippen molar-refractivity contribution in [3.63, 3.8) is 0 Å². The lowest BCUT2D eigenvalue weighted by Gasteiger charge is -2.60. The summed E-state index contributed by atoms with van der Waals surface area (Å²) >= 11 is 0. The molecule has 0 aromatic rings. The molecular weight excluding hydrogens is 993 g/mol. The highest BCUT2D eigenvalue weighted by molar-refractivity contribution is 5.28. The number of fused-ring (bicyclic) bond motifs is 7. The summed E-state index contributed by atoms with van der Waals surface area (Å²) in [6.45, 7) is 10.6. The summed E-state index contributed by atoms with van der Waals surface area (Å²) in [5, 5.41) is 139. The molecule has 0 amide bonds.